The third kappa shape index (κ3) is 1.69. The summed E-state index contributed by atoms with van der Waals surface area (Å²) in [6.45, 7) is 2.17. The topological polar surface area (TPSA) is 38.9 Å². The third-order valence-corrected chi connectivity index (χ3v) is 2.02. The van der Waals surface area contributed by atoms with E-state index in [4.69, 9.17) is 4.42 Å². The molecule has 2 aromatic rings. The smallest absolute Gasteiger partial charge is 0.229 e. The van der Waals surface area contributed by atoms with Crippen molar-refractivity contribution in [3.8, 4) is 0 Å². The Labute approximate surface area is 76.8 Å². The summed E-state index contributed by atoms with van der Waals surface area (Å²) in [7, 11) is 0. The minimum absolute atomic E-state index is 0.695. The lowest BCUT2D eigenvalue weighted by molar-refractivity contribution is 0.528. The normalized spacial score (nSPS) is 10.8. The van der Waals surface area contributed by atoms with Gasteiger partial charge in [0, 0.05) is 12.6 Å². The van der Waals surface area contributed by atoms with Gasteiger partial charge in [-0.15, -0.1) is 0 Å². The number of aromatic nitrogens is 2. The summed E-state index contributed by atoms with van der Waals surface area (Å²) in [5.74, 6) is 1.01. The van der Waals surface area contributed by atoms with E-state index in [1.165, 1.54) is 12.7 Å². The first-order valence-electron chi connectivity index (χ1n) is 4.58. The first kappa shape index (κ1) is 8.23. The molecule has 0 unspecified atom stereocenters. The Kier molecular flexibility index (Phi) is 2.25. The van der Waals surface area contributed by atoms with Crippen LogP contribution in [0.3, 0.4) is 0 Å². The first-order chi connectivity index (χ1) is 6.40. The Bertz CT molecular complexity index is 361. The van der Waals surface area contributed by atoms with Crippen LogP contribution >= 0.6 is 0 Å². The van der Waals surface area contributed by atoms with Crippen molar-refractivity contribution in [2.45, 2.75) is 26.2 Å². The quantitative estimate of drug-likeness (QED) is 0.721. The van der Waals surface area contributed by atoms with Gasteiger partial charge < -0.3 is 4.42 Å². The van der Waals surface area contributed by atoms with Gasteiger partial charge in [0.1, 0.15) is 12.1 Å². The SMILES string of the molecule is CCCCc1cc2cncnc2o1. The molecule has 2 heterocycles. The summed E-state index contributed by atoms with van der Waals surface area (Å²) in [5.41, 5.74) is 0.695. The number of nitrogens with zero attached hydrogens (tertiary/aromatic N) is 2. The Hall–Kier alpha value is -1.38. The van der Waals surface area contributed by atoms with Crippen molar-refractivity contribution in [3.63, 3.8) is 0 Å². The molecule has 13 heavy (non-hydrogen) atoms. The van der Waals surface area contributed by atoms with Crippen molar-refractivity contribution in [1.29, 1.82) is 0 Å². The van der Waals surface area contributed by atoms with Gasteiger partial charge in [-0.3, -0.25) is 0 Å². The van der Waals surface area contributed by atoms with E-state index >= 15 is 0 Å². The molecule has 0 fully saturated rings. The number of rotatable bonds is 3. The van der Waals surface area contributed by atoms with Gasteiger partial charge in [0.2, 0.25) is 5.71 Å². The molecular weight excluding hydrogens is 164 g/mol. The van der Waals surface area contributed by atoms with Crippen LogP contribution in [0.5, 0.6) is 0 Å². The maximum absolute atomic E-state index is 5.52. The zero-order valence-corrected chi connectivity index (χ0v) is 7.66. The van der Waals surface area contributed by atoms with Crippen LogP contribution < -0.4 is 0 Å². The Morgan fingerprint density at radius 1 is 1.46 bits per heavy atom. The number of hydrogen-bond donors (Lipinski definition) is 0. The molecule has 0 atom stereocenters. The molecule has 0 amide bonds. The van der Waals surface area contributed by atoms with E-state index in [1.807, 2.05) is 6.07 Å². The molecule has 68 valence electrons. The number of furan rings is 1. The lowest BCUT2D eigenvalue weighted by Gasteiger charge is -1.90. The highest BCUT2D eigenvalue weighted by Gasteiger charge is 2.02. The van der Waals surface area contributed by atoms with Crippen LogP contribution in [-0.4, -0.2) is 9.97 Å². The predicted molar refractivity (Wildman–Crippen MR) is 50.4 cm³/mol. The number of unbranched alkanes of at least 4 members (excludes halogenated alkanes) is 1. The van der Waals surface area contributed by atoms with E-state index in [9.17, 15) is 0 Å². The molecule has 0 aromatic carbocycles. The van der Waals surface area contributed by atoms with Gasteiger partial charge in [-0.2, -0.15) is 0 Å². The number of fused-ring (bicyclic) bond motifs is 1. The van der Waals surface area contributed by atoms with Crippen LogP contribution in [0.2, 0.25) is 0 Å². The van der Waals surface area contributed by atoms with Gasteiger partial charge >= 0.3 is 0 Å². The van der Waals surface area contributed by atoms with Crippen LogP contribution in [0.1, 0.15) is 25.5 Å². The van der Waals surface area contributed by atoms with Crippen LogP contribution in [-0.2, 0) is 6.42 Å². The van der Waals surface area contributed by atoms with Gasteiger partial charge in [-0.25, -0.2) is 9.97 Å². The van der Waals surface area contributed by atoms with Crippen LogP contribution in [0.15, 0.2) is 23.0 Å². The second-order valence-electron chi connectivity index (χ2n) is 3.10. The molecule has 0 spiro atoms. The molecule has 0 saturated carbocycles. The molecule has 3 heteroatoms. The van der Waals surface area contributed by atoms with E-state index in [-0.39, 0.29) is 0 Å². The monoisotopic (exact) mass is 176 g/mol. The second-order valence-corrected chi connectivity index (χ2v) is 3.10. The van der Waals surface area contributed by atoms with Crippen molar-refractivity contribution < 1.29 is 4.42 Å². The van der Waals surface area contributed by atoms with Crippen molar-refractivity contribution in [1.82, 2.24) is 9.97 Å². The van der Waals surface area contributed by atoms with Gasteiger partial charge in [-0.05, 0) is 12.5 Å². The number of aryl methyl sites for hydroxylation is 1. The van der Waals surface area contributed by atoms with Crippen molar-refractivity contribution >= 4 is 11.1 Å². The highest BCUT2D eigenvalue weighted by Crippen LogP contribution is 2.16. The molecule has 0 aliphatic carbocycles. The van der Waals surface area contributed by atoms with Gasteiger partial charge in [0.15, 0.2) is 0 Å². The van der Waals surface area contributed by atoms with Gasteiger partial charge in [0.05, 0.1) is 5.39 Å². The molecule has 0 saturated heterocycles. The lowest BCUT2D eigenvalue weighted by atomic mass is 10.2. The van der Waals surface area contributed by atoms with Crippen molar-refractivity contribution in [2.75, 3.05) is 0 Å². The fourth-order valence-corrected chi connectivity index (χ4v) is 1.31. The van der Waals surface area contributed by atoms with Crippen LogP contribution in [0.25, 0.3) is 11.1 Å². The molecule has 0 radical (unpaired) electrons. The second kappa shape index (κ2) is 3.56. The predicted octanol–water partition coefficient (Wildman–Crippen LogP) is 2.57. The minimum atomic E-state index is 0.695. The molecule has 2 aromatic heterocycles. The third-order valence-electron chi connectivity index (χ3n) is 2.02. The Morgan fingerprint density at radius 2 is 2.38 bits per heavy atom. The molecule has 0 N–H and O–H groups in total. The summed E-state index contributed by atoms with van der Waals surface area (Å²) in [6, 6.07) is 2.02. The number of hydrogen-bond acceptors (Lipinski definition) is 3. The largest absolute Gasteiger partial charge is 0.443 e. The van der Waals surface area contributed by atoms with Gasteiger partial charge in [-0.1, -0.05) is 13.3 Å². The van der Waals surface area contributed by atoms with Crippen molar-refractivity contribution in [2.24, 2.45) is 0 Å². The molecular formula is C10H12N2O. The first-order valence-corrected chi connectivity index (χ1v) is 4.58. The van der Waals surface area contributed by atoms with E-state index in [2.05, 4.69) is 16.9 Å². The van der Waals surface area contributed by atoms with E-state index in [1.54, 1.807) is 6.20 Å². The Morgan fingerprint density at radius 3 is 3.15 bits per heavy atom. The molecule has 3 nitrogen and oxygen atoms in total. The average molecular weight is 176 g/mol. The summed E-state index contributed by atoms with van der Waals surface area (Å²) >= 11 is 0. The van der Waals surface area contributed by atoms with E-state index in [0.717, 1.165) is 24.0 Å². The summed E-state index contributed by atoms with van der Waals surface area (Å²) in [6.07, 6.45) is 6.62. The van der Waals surface area contributed by atoms with E-state index in [0.29, 0.717) is 5.71 Å². The van der Waals surface area contributed by atoms with E-state index < -0.39 is 0 Å². The summed E-state index contributed by atoms with van der Waals surface area (Å²) in [5, 5.41) is 0.994. The maximum Gasteiger partial charge on any atom is 0.229 e. The highest BCUT2D eigenvalue weighted by molar-refractivity contribution is 5.72. The lowest BCUT2D eigenvalue weighted by Crippen LogP contribution is -1.78. The molecule has 0 bridgehead atoms. The molecule has 0 aliphatic rings. The Balaban J connectivity index is 2.28. The zero-order chi connectivity index (χ0) is 9.10. The summed E-state index contributed by atoms with van der Waals surface area (Å²) < 4.78 is 5.52. The fraction of sp³-hybridized carbons (Fsp3) is 0.400. The molecule has 0 aliphatic heterocycles. The highest BCUT2D eigenvalue weighted by atomic mass is 16.3. The fourth-order valence-electron chi connectivity index (χ4n) is 1.31. The minimum Gasteiger partial charge on any atom is -0.443 e. The maximum atomic E-state index is 5.52. The van der Waals surface area contributed by atoms with Crippen LogP contribution in [0, 0.1) is 0 Å². The molecule has 2 rings (SSSR count). The van der Waals surface area contributed by atoms with Crippen molar-refractivity contribution in [3.05, 3.63) is 24.4 Å². The average Bonchev–Trinajstić information content (AvgIpc) is 2.57. The zero-order valence-electron chi connectivity index (χ0n) is 7.66. The summed E-state index contributed by atoms with van der Waals surface area (Å²) in [4.78, 5) is 7.97. The van der Waals surface area contributed by atoms with Gasteiger partial charge in [0.25, 0.3) is 0 Å². The van der Waals surface area contributed by atoms with Crippen LogP contribution in [0.4, 0.5) is 0 Å². The standard InChI is InChI=1S/C10H12N2O/c1-2-3-4-9-5-8-6-11-7-12-10(8)13-9/h5-7H,2-4H2,1H3.